The minimum absolute atomic E-state index is 0.0257. The molecule has 0 saturated carbocycles. The van der Waals surface area contributed by atoms with Crippen LogP contribution >= 0.6 is 0 Å². The Kier molecular flexibility index (Phi) is 32.3. The van der Waals surface area contributed by atoms with E-state index in [4.69, 9.17) is 5.73 Å². The van der Waals surface area contributed by atoms with Crippen molar-refractivity contribution in [2.24, 2.45) is 47.2 Å². The Morgan fingerprint density at radius 1 is 0.477 bits per heavy atom. The molecule has 0 bridgehead atoms. The molecule has 1 fully saturated rings. The number of nitrogens with two attached hydrogens (primary N) is 1. The summed E-state index contributed by atoms with van der Waals surface area (Å²) in [5, 5.41) is 32.6. The van der Waals surface area contributed by atoms with Crippen LogP contribution in [0.1, 0.15) is 156 Å². The molecule has 1 rings (SSSR count). The fraction of sp³-hybridized carbons (Fsp3) is 0.806. The van der Waals surface area contributed by atoms with Gasteiger partial charge in [-0.2, -0.15) is 0 Å². The molecule has 1 aliphatic heterocycles. The number of aliphatic hydroxyl groups excluding tert-OH is 1. The first-order valence-electron chi connectivity index (χ1n) is 31.2. The predicted octanol–water partition coefficient (Wildman–Crippen LogP) is 1.49. The molecule has 0 aromatic heterocycles. The Labute approximate surface area is 523 Å². The maximum absolute atomic E-state index is 15.2. The van der Waals surface area contributed by atoms with E-state index in [-0.39, 0.29) is 68.6 Å². The van der Waals surface area contributed by atoms with Gasteiger partial charge in [0, 0.05) is 49.3 Å². The first kappa shape index (κ1) is 79.6. The highest BCUT2D eigenvalue weighted by atomic mass is 16.4. The van der Waals surface area contributed by atoms with Gasteiger partial charge in [-0.25, -0.2) is 0 Å². The molecule has 1 unspecified atom stereocenters. The summed E-state index contributed by atoms with van der Waals surface area (Å²) in [5.74, 6) is -12.1. The highest BCUT2D eigenvalue weighted by molar-refractivity contribution is 5.99. The van der Waals surface area contributed by atoms with Gasteiger partial charge in [0.2, 0.25) is 65.0 Å². The fourth-order valence-corrected chi connectivity index (χ4v) is 10.9. The summed E-state index contributed by atoms with van der Waals surface area (Å²) in [6, 6.07) is -14.2. The quantitative estimate of drug-likeness (QED) is 0.109. The lowest BCUT2D eigenvalue weighted by molar-refractivity contribution is -0.157. The van der Waals surface area contributed by atoms with Crippen LogP contribution in [-0.4, -0.2) is 244 Å². The third-order valence-electron chi connectivity index (χ3n) is 16.6. The van der Waals surface area contributed by atoms with E-state index >= 15 is 9.59 Å². The van der Waals surface area contributed by atoms with Crippen molar-refractivity contribution < 1.29 is 67.7 Å². The van der Waals surface area contributed by atoms with Crippen molar-refractivity contribution in [3.63, 3.8) is 0 Å². The molecule has 26 nitrogen and oxygen atoms in total. The van der Waals surface area contributed by atoms with Crippen molar-refractivity contribution in [3.05, 3.63) is 0 Å². The lowest BCUT2D eigenvalue weighted by Gasteiger charge is -2.41. The highest BCUT2D eigenvalue weighted by Gasteiger charge is 2.46. The second-order valence-electron chi connectivity index (χ2n) is 26.8. The number of nitrogens with zero attached hydrogens (tertiary/aromatic N) is 7. The maximum Gasteiger partial charge on any atom is 0.320 e. The molecule has 26 heteroatoms. The van der Waals surface area contributed by atoms with Crippen LogP contribution in [0.25, 0.3) is 0 Å². The molecule has 88 heavy (non-hydrogen) atoms. The molecule has 504 valence electrons. The number of aliphatic hydroxyl groups is 1. The van der Waals surface area contributed by atoms with Crippen LogP contribution < -0.4 is 27.0 Å². The number of carboxylic acids is 1. The number of rotatable bonds is 17. The van der Waals surface area contributed by atoms with Crippen molar-refractivity contribution in [3.8, 4) is 0 Å². The number of amides is 11. The van der Waals surface area contributed by atoms with Crippen LogP contribution in [0.3, 0.4) is 0 Å². The first-order chi connectivity index (χ1) is 40.5. The number of aliphatic carboxylic acids is 1. The van der Waals surface area contributed by atoms with Crippen molar-refractivity contribution in [1.29, 1.82) is 0 Å². The van der Waals surface area contributed by atoms with Gasteiger partial charge in [0.1, 0.15) is 66.5 Å². The molecule has 1 heterocycles. The van der Waals surface area contributed by atoms with Crippen LogP contribution in [0.2, 0.25) is 0 Å². The van der Waals surface area contributed by atoms with Gasteiger partial charge < -0.3 is 71.5 Å². The zero-order valence-electron chi connectivity index (χ0n) is 57.1. The number of carbonyl (C=O) groups is 12. The van der Waals surface area contributed by atoms with Crippen molar-refractivity contribution >= 4 is 70.9 Å². The van der Waals surface area contributed by atoms with E-state index in [2.05, 4.69) is 21.3 Å². The summed E-state index contributed by atoms with van der Waals surface area (Å²) in [5.41, 5.74) is 5.84. The van der Waals surface area contributed by atoms with Crippen molar-refractivity contribution in [2.75, 3.05) is 55.9 Å². The minimum Gasteiger partial charge on any atom is -0.480 e. The lowest BCUT2D eigenvalue weighted by atomic mass is 9.89. The standard InChI is InChI=1S/C62H112N12O14/c1-24-42-57(82)68(17)31-47(75)69(18)43(27-32(2)3)54(79)67-48(36(10)11)60(85)70(19)44(28-33(4)5)53(78)64-39(15)52(77)65-40(16)56(81)71(20)45(29-34(6)7)58(83)72(21)46(30-35(8)9)59(84)73(22)49(37(12)13)61(86)74(23)50(55(80)66-42)51(76)38(14)25-26-41(63)62(87)88/h32-46,48-51,76H,24-31,63H2,1-23H3,(H,64,78)(H,65,77)(H,66,80)(H,67,79)(H,87,88)/t38-,39+,40-,41?,42+,43+,44+,45+,46+,48+,49+,50+,51-/m1/s1. The fourth-order valence-electron chi connectivity index (χ4n) is 10.9. The second-order valence-corrected chi connectivity index (χ2v) is 26.8. The average molecular weight is 1250 g/mol. The van der Waals surface area contributed by atoms with E-state index in [1.54, 1.807) is 34.6 Å². The molecular weight excluding hydrogens is 1140 g/mol. The van der Waals surface area contributed by atoms with Gasteiger partial charge in [0.25, 0.3) is 0 Å². The summed E-state index contributed by atoms with van der Waals surface area (Å²) in [4.78, 5) is 180. The third-order valence-corrected chi connectivity index (χ3v) is 16.6. The third kappa shape index (κ3) is 22.2. The van der Waals surface area contributed by atoms with E-state index in [1.165, 1.54) is 94.6 Å². The van der Waals surface area contributed by atoms with Gasteiger partial charge >= 0.3 is 5.97 Å². The SMILES string of the molecule is CC[C@@H]1NC(=O)[C@H]([C@H](O)[C@H](C)CCC(N)C(=O)O)N(C)C(=O)[C@H](C(C)C)N(C)C(=O)[C@H](CC(C)C)N(C)C(=O)[C@H](CC(C)C)N(C)C(=O)[C@@H](C)NC(=O)[C@H](C)NC(=O)[C@H](CC(C)C)N(C)C(=O)[C@H](C(C)C)NC(=O)[C@H](CC(C)C)N(C)C(=O)CN(C)C1=O. The summed E-state index contributed by atoms with van der Waals surface area (Å²) in [6.45, 7) is 26.9. The number of likely N-dealkylation sites (N-methyl/N-ethyl adjacent to an activating group) is 7. The molecule has 0 aliphatic carbocycles. The molecule has 0 radical (unpaired) electrons. The van der Waals surface area contributed by atoms with E-state index < -0.39 is 168 Å². The Morgan fingerprint density at radius 3 is 1.33 bits per heavy atom. The van der Waals surface area contributed by atoms with Crippen LogP contribution in [0.15, 0.2) is 0 Å². The van der Waals surface area contributed by atoms with E-state index in [0.717, 1.165) is 9.80 Å². The van der Waals surface area contributed by atoms with Gasteiger partial charge in [-0.1, -0.05) is 96.9 Å². The Bertz CT molecular complexity index is 2420. The predicted molar refractivity (Wildman–Crippen MR) is 334 cm³/mol. The summed E-state index contributed by atoms with van der Waals surface area (Å²) < 4.78 is 0. The van der Waals surface area contributed by atoms with Gasteiger partial charge in [-0.15, -0.1) is 0 Å². The number of carbonyl (C=O) groups excluding carboxylic acids is 11. The van der Waals surface area contributed by atoms with Gasteiger partial charge in [-0.05, 0) is 100 Å². The molecule has 1 saturated heterocycles. The molecule has 13 atom stereocenters. The Morgan fingerprint density at radius 2 is 0.886 bits per heavy atom. The topological polar surface area (TPSA) is 342 Å². The maximum atomic E-state index is 15.2. The van der Waals surface area contributed by atoms with Gasteiger partial charge in [0.05, 0.1) is 12.6 Å². The zero-order chi connectivity index (χ0) is 68.4. The van der Waals surface area contributed by atoms with E-state index in [1.807, 2.05) is 55.4 Å². The summed E-state index contributed by atoms with van der Waals surface area (Å²) in [6.07, 6.45) is -1.44. The van der Waals surface area contributed by atoms with Crippen LogP contribution in [-0.2, 0) is 57.5 Å². The first-order valence-corrected chi connectivity index (χ1v) is 31.2. The molecule has 8 N–H and O–H groups in total. The summed E-state index contributed by atoms with van der Waals surface area (Å²) in [7, 11) is 9.61. The molecule has 1 aliphatic rings. The normalized spacial score (nSPS) is 26.6. The van der Waals surface area contributed by atoms with Crippen LogP contribution in [0.4, 0.5) is 0 Å². The number of carboxylic acid groups (broad SMARTS) is 1. The van der Waals surface area contributed by atoms with Gasteiger partial charge in [0.15, 0.2) is 0 Å². The Hall–Kier alpha value is -6.44. The molecule has 0 spiro atoms. The van der Waals surface area contributed by atoms with Gasteiger partial charge in [-0.3, -0.25) is 57.5 Å². The largest absolute Gasteiger partial charge is 0.480 e. The Balaban J connectivity index is 4.36. The number of hydrogen-bond acceptors (Lipinski definition) is 14. The molecule has 11 amide bonds. The van der Waals surface area contributed by atoms with E-state index in [9.17, 15) is 58.2 Å². The second kappa shape index (κ2) is 35.7. The van der Waals surface area contributed by atoms with Crippen LogP contribution in [0.5, 0.6) is 0 Å². The monoisotopic (exact) mass is 1250 g/mol. The van der Waals surface area contributed by atoms with Crippen LogP contribution in [0, 0.1) is 41.4 Å². The lowest BCUT2D eigenvalue weighted by Crippen LogP contribution is -2.63. The zero-order valence-corrected chi connectivity index (χ0v) is 57.1. The minimum atomic E-state index is -1.78. The number of nitrogens with one attached hydrogen (secondary N) is 4. The summed E-state index contributed by atoms with van der Waals surface area (Å²) >= 11 is 0. The average Bonchev–Trinajstić information content (AvgIpc) is 1.35. The van der Waals surface area contributed by atoms with Crippen molar-refractivity contribution in [1.82, 2.24) is 55.6 Å². The van der Waals surface area contributed by atoms with Crippen molar-refractivity contribution in [2.45, 2.75) is 228 Å². The molecule has 0 aromatic rings. The smallest absolute Gasteiger partial charge is 0.320 e. The number of hydrogen-bond donors (Lipinski definition) is 7. The highest BCUT2D eigenvalue weighted by Crippen LogP contribution is 2.26. The van der Waals surface area contributed by atoms with E-state index in [0.29, 0.717) is 0 Å². The molecule has 0 aromatic carbocycles. The molecular formula is C62H112N12O14.